The summed E-state index contributed by atoms with van der Waals surface area (Å²) in [7, 11) is 0. The highest BCUT2D eigenvalue weighted by Gasteiger charge is 2.27. The monoisotopic (exact) mass is 359 g/mol. The van der Waals surface area contributed by atoms with Crippen molar-refractivity contribution in [2.45, 2.75) is 13.5 Å². The molecule has 1 aliphatic rings. The van der Waals surface area contributed by atoms with Crippen LogP contribution >= 0.6 is 11.6 Å². The molecule has 2 aromatic heterocycles. The molecule has 0 N–H and O–H groups in total. The van der Waals surface area contributed by atoms with Crippen LogP contribution in [0.4, 0.5) is 4.39 Å². The van der Waals surface area contributed by atoms with E-state index in [0.29, 0.717) is 36.1 Å². The minimum absolute atomic E-state index is 0.181. The van der Waals surface area contributed by atoms with Crippen molar-refractivity contribution in [1.82, 2.24) is 14.3 Å². The van der Waals surface area contributed by atoms with Crippen LogP contribution in [0.2, 0.25) is 5.02 Å². The Labute approximate surface area is 148 Å². The molecule has 0 fully saturated rings. The predicted octanol–water partition coefficient (Wildman–Crippen LogP) is 3.47. The summed E-state index contributed by atoms with van der Waals surface area (Å²) in [5, 5.41) is 0.561. The number of rotatable bonds is 1. The standard InChI is InChI=1S/C18H15ClFN3O2/c1-11-3-2-6-23-16(20)15(21-17(11)23)18(24)22-7-8-25-14-5-4-13(19)9-12(14)10-22/h2-6,9H,7-8,10H2,1H3. The Balaban J connectivity index is 1.71. The molecule has 128 valence electrons. The van der Waals surface area contributed by atoms with E-state index in [1.54, 1.807) is 30.5 Å². The van der Waals surface area contributed by atoms with E-state index >= 15 is 0 Å². The third-order valence-corrected chi connectivity index (χ3v) is 4.51. The molecule has 0 aliphatic carbocycles. The molecule has 0 saturated carbocycles. The number of ether oxygens (including phenoxy) is 1. The van der Waals surface area contributed by atoms with Gasteiger partial charge in [-0.3, -0.25) is 9.20 Å². The maximum absolute atomic E-state index is 14.7. The van der Waals surface area contributed by atoms with Gasteiger partial charge in [0.15, 0.2) is 5.69 Å². The molecule has 1 aromatic carbocycles. The SMILES string of the molecule is Cc1cccn2c(F)c(C(=O)N3CCOc4ccc(Cl)cc4C3)nc12. The van der Waals surface area contributed by atoms with Gasteiger partial charge in [0.05, 0.1) is 6.54 Å². The van der Waals surface area contributed by atoms with Crippen LogP contribution in [0.3, 0.4) is 0 Å². The summed E-state index contributed by atoms with van der Waals surface area (Å²) in [5.74, 6) is -0.428. The molecule has 4 rings (SSSR count). The number of benzene rings is 1. The van der Waals surface area contributed by atoms with Crippen molar-refractivity contribution >= 4 is 23.2 Å². The quantitative estimate of drug-likeness (QED) is 0.668. The third kappa shape index (κ3) is 2.72. The van der Waals surface area contributed by atoms with Crippen molar-refractivity contribution < 1.29 is 13.9 Å². The minimum Gasteiger partial charge on any atom is -0.491 e. The van der Waals surface area contributed by atoms with E-state index in [0.717, 1.165) is 11.1 Å². The van der Waals surface area contributed by atoms with Gasteiger partial charge in [0.2, 0.25) is 5.95 Å². The van der Waals surface area contributed by atoms with Crippen molar-refractivity contribution in [3.8, 4) is 5.75 Å². The molecule has 0 unspecified atom stereocenters. The topological polar surface area (TPSA) is 46.8 Å². The van der Waals surface area contributed by atoms with Crippen molar-refractivity contribution in [3.05, 3.63) is 64.3 Å². The summed E-state index contributed by atoms with van der Waals surface area (Å²) in [6.45, 7) is 2.79. The molecular weight excluding hydrogens is 345 g/mol. The Bertz CT molecular complexity index is 986. The number of nitrogens with zero attached hydrogens (tertiary/aromatic N) is 3. The van der Waals surface area contributed by atoms with E-state index in [1.165, 1.54) is 9.30 Å². The number of imidazole rings is 1. The van der Waals surface area contributed by atoms with Crippen LogP contribution in [0, 0.1) is 12.9 Å². The van der Waals surface area contributed by atoms with E-state index < -0.39 is 11.9 Å². The second-order valence-electron chi connectivity index (χ2n) is 5.96. The molecule has 3 heterocycles. The highest BCUT2D eigenvalue weighted by molar-refractivity contribution is 6.30. The average Bonchev–Trinajstić information content (AvgIpc) is 2.80. The number of aryl methyl sites for hydroxylation is 1. The van der Waals surface area contributed by atoms with Crippen LogP contribution in [-0.4, -0.2) is 33.3 Å². The average molecular weight is 360 g/mol. The Morgan fingerprint density at radius 3 is 3.00 bits per heavy atom. The van der Waals surface area contributed by atoms with Gasteiger partial charge in [0.25, 0.3) is 5.91 Å². The number of carbonyl (C=O) groups is 1. The van der Waals surface area contributed by atoms with E-state index in [4.69, 9.17) is 16.3 Å². The van der Waals surface area contributed by atoms with Gasteiger partial charge in [-0.1, -0.05) is 17.7 Å². The molecule has 5 nitrogen and oxygen atoms in total. The second-order valence-corrected chi connectivity index (χ2v) is 6.40. The number of hydrogen-bond acceptors (Lipinski definition) is 3. The van der Waals surface area contributed by atoms with E-state index in [1.807, 2.05) is 13.0 Å². The van der Waals surface area contributed by atoms with Crippen LogP contribution in [0.25, 0.3) is 5.65 Å². The zero-order valence-electron chi connectivity index (χ0n) is 13.5. The number of hydrogen-bond donors (Lipinski definition) is 0. The summed E-state index contributed by atoms with van der Waals surface area (Å²) in [6.07, 6.45) is 1.56. The lowest BCUT2D eigenvalue weighted by Crippen LogP contribution is -2.33. The second kappa shape index (κ2) is 6.04. The first-order chi connectivity index (χ1) is 12.0. The van der Waals surface area contributed by atoms with Crippen LogP contribution in [0.1, 0.15) is 21.6 Å². The molecular formula is C18H15ClFN3O2. The van der Waals surface area contributed by atoms with Crippen LogP contribution in [0.15, 0.2) is 36.5 Å². The smallest absolute Gasteiger partial charge is 0.277 e. The summed E-state index contributed by atoms with van der Waals surface area (Å²) < 4.78 is 21.6. The largest absolute Gasteiger partial charge is 0.491 e. The van der Waals surface area contributed by atoms with Crippen molar-refractivity contribution in [2.24, 2.45) is 0 Å². The van der Waals surface area contributed by atoms with Gasteiger partial charge in [-0.2, -0.15) is 4.39 Å². The van der Waals surface area contributed by atoms with Gasteiger partial charge in [-0.05, 0) is 36.8 Å². The Hall–Kier alpha value is -2.60. The van der Waals surface area contributed by atoms with Gasteiger partial charge < -0.3 is 9.64 Å². The summed E-state index contributed by atoms with van der Waals surface area (Å²) >= 11 is 6.04. The fourth-order valence-electron chi connectivity index (χ4n) is 3.00. The van der Waals surface area contributed by atoms with Crippen molar-refractivity contribution in [1.29, 1.82) is 0 Å². The number of aromatic nitrogens is 2. The summed E-state index contributed by atoms with van der Waals surface area (Å²) in [5.41, 5.74) is 1.85. The molecule has 1 amide bonds. The molecule has 0 atom stereocenters. The Kier molecular flexibility index (Phi) is 3.84. The molecule has 7 heteroatoms. The first-order valence-corrected chi connectivity index (χ1v) is 8.26. The fourth-order valence-corrected chi connectivity index (χ4v) is 3.19. The number of pyridine rings is 1. The first-order valence-electron chi connectivity index (χ1n) is 7.88. The van der Waals surface area contributed by atoms with Crippen LogP contribution in [0.5, 0.6) is 5.75 Å². The number of amides is 1. The van der Waals surface area contributed by atoms with E-state index in [-0.39, 0.29) is 5.69 Å². The molecule has 0 bridgehead atoms. The molecule has 0 saturated heterocycles. The lowest BCUT2D eigenvalue weighted by Gasteiger charge is -2.18. The number of carbonyl (C=O) groups excluding carboxylic acids is 1. The molecule has 25 heavy (non-hydrogen) atoms. The van der Waals surface area contributed by atoms with Crippen LogP contribution in [-0.2, 0) is 6.54 Å². The zero-order valence-corrected chi connectivity index (χ0v) is 14.3. The maximum Gasteiger partial charge on any atom is 0.277 e. The lowest BCUT2D eigenvalue weighted by atomic mass is 10.2. The van der Waals surface area contributed by atoms with Gasteiger partial charge in [-0.25, -0.2) is 4.98 Å². The lowest BCUT2D eigenvalue weighted by molar-refractivity contribution is 0.0722. The zero-order chi connectivity index (χ0) is 17.6. The van der Waals surface area contributed by atoms with Gasteiger partial charge in [0.1, 0.15) is 18.0 Å². The van der Waals surface area contributed by atoms with Crippen molar-refractivity contribution in [2.75, 3.05) is 13.2 Å². The third-order valence-electron chi connectivity index (χ3n) is 4.28. The maximum atomic E-state index is 14.7. The van der Waals surface area contributed by atoms with Crippen molar-refractivity contribution in [3.63, 3.8) is 0 Å². The normalized spacial score (nSPS) is 14.1. The highest BCUT2D eigenvalue weighted by Crippen LogP contribution is 2.27. The molecule has 3 aromatic rings. The summed E-state index contributed by atoms with van der Waals surface area (Å²) in [6, 6.07) is 8.82. The fraction of sp³-hybridized carbons (Fsp3) is 0.222. The Morgan fingerprint density at radius 1 is 1.36 bits per heavy atom. The number of halogens is 2. The highest BCUT2D eigenvalue weighted by atomic mass is 35.5. The summed E-state index contributed by atoms with van der Waals surface area (Å²) in [4.78, 5) is 18.6. The molecule has 0 spiro atoms. The Morgan fingerprint density at radius 2 is 2.20 bits per heavy atom. The van der Waals surface area contributed by atoms with Gasteiger partial charge >= 0.3 is 0 Å². The van der Waals surface area contributed by atoms with Gasteiger partial charge in [0, 0.05) is 23.3 Å². The van der Waals surface area contributed by atoms with Gasteiger partial charge in [-0.15, -0.1) is 0 Å². The first kappa shape index (κ1) is 15.9. The van der Waals surface area contributed by atoms with Crippen LogP contribution < -0.4 is 4.74 Å². The van der Waals surface area contributed by atoms with E-state index in [9.17, 15) is 9.18 Å². The predicted molar refractivity (Wildman–Crippen MR) is 91.6 cm³/mol. The molecule has 1 aliphatic heterocycles. The minimum atomic E-state index is -0.653. The number of fused-ring (bicyclic) bond motifs is 2. The van der Waals surface area contributed by atoms with E-state index in [2.05, 4.69) is 4.98 Å². The molecule has 0 radical (unpaired) electrons.